The summed E-state index contributed by atoms with van der Waals surface area (Å²) in [6, 6.07) is 5.08. The lowest BCUT2D eigenvalue weighted by atomic mass is 9.96. The molecule has 1 saturated heterocycles. The molecule has 8 nitrogen and oxygen atoms in total. The first-order valence-electron chi connectivity index (χ1n) is 10.3. The lowest BCUT2D eigenvalue weighted by Crippen LogP contribution is -2.44. The summed E-state index contributed by atoms with van der Waals surface area (Å²) in [5.74, 6) is 1.37. The summed E-state index contributed by atoms with van der Waals surface area (Å²) >= 11 is 0. The lowest BCUT2D eigenvalue weighted by molar-refractivity contribution is -0.0806. The maximum absolute atomic E-state index is 11.5. The van der Waals surface area contributed by atoms with Gasteiger partial charge in [0, 0.05) is 30.4 Å². The topological polar surface area (TPSA) is 86.9 Å². The van der Waals surface area contributed by atoms with Crippen molar-refractivity contribution in [1.82, 2.24) is 9.97 Å². The summed E-state index contributed by atoms with van der Waals surface area (Å²) in [7, 11) is 0. The molecule has 0 aromatic carbocycles. The van der Waals surface area contributed by atoms with Gasteiger partial charge in [-0.25, -0.2) is 14.8 Å². The Balaban J connectivity index is 1.55. The highest BCUT2D eigenvalue weighted by Gasteiger charge is 2.32. The van der Waals surface area contributed by atoms with Crippen molar-refractivity contribution in [1.29, 1.82) is 0 Å². The molecule has 0 amide bonds. The number of fused-ring (bicyclic) bond motifs is 1. The normalized spacial score (nSPS) is 23.9. The van der Waals surface area contributed by atoms with Gasteiger partial charge in [0.2, 0.25) is 5.88 Å². The van der Waals surface area contributed by atoms with Crippen LogP contribution in [-0.2, 0) is 9.47 Å². The predicted octanol–water partition coefficient (Wildman–Crippen LogP) is 0.864. The highest BCUT2D eigenvalue weighted by atomic mass is 16.6. The molecule has 160 valence electrons. The molecule has 0 spiro atoms. The van der Waals surface area contributed by atoms with E-state index in [1.54, 1.807) is 12.1 Å². The predicted molar refractivity (Wildman–Crippen MR) is 112 cm³/mol. The minimum atomic E-state index is -0.568. The highest BCUT2D eigenvalue weighted by molar-refractivity contribution is 5.41. The van der Waals surface area contributed by atoms with Gasteiger partial charge in [0.1, 0.15) is 23.7 Å². The van der Waals surface area contributed by atoms with Crippen LogP contribution in [0.3, 0.4) is 0 Å². The van der Waals surface area contributed by atoms with Crippen molar-refractivity contribution in [2.75, 3.05) is 37.8 Å². The van der Waals surface area contributed by atoms with E-state index >= 15 is 0 Å². The van der Waals surface area contributed by atoms with E-state index in [-0.39, 0.29) is 11.7 Å². The Hall–Kier alpha value is -2.71. The van der Waals surface area contributed by atoms with E-state index in [0.717, 1.165) is 37.0 Å². The summed E-state index contributed by atoms with van der Waals surface area (Å²) in [6.45, 7) is 7.29. The first-order valence-corrected chi connectivity index (χ1v) is 10.3. The standard InChI is InChI=1S/C22H27N3O5/c1-22(2)18(5-3-4-16-6-7-21(26)29-17(16)8-11-28-22)30-20-14-19(23-15-24-20)25-9-12-27-13-10-25/h4,6-8,14-15,18H,3,5,9-13H2,1-2H3/b16-4-,17-8+. The molecule has 0 N–H and O–H groups in total. The molecular weight excluding hydrogens is 386 g/mol. The van der Waals surface area contributed by atoms with Gasteiger partial charge in [0.15, 0.2) is 0 Å². The number of hydrogen-bond donors (Lipinski definition) is 0. The Morgan fingerprint density at radius 1 is 1.17 bits per heavy atom. The molecule has 1 atom stereocenters. The molecule has 0 saturated carbocycles. The third kappa shape index (κ3) is 4.88. The molecule has 2 aromatic heterocycles. The van der Waals surface area contributed by atoms with Crippen LogP contribution in [0.4, 0.5) is 5.82 Å². The number of rotatable bonds is 3. The van der Waals surface area contributed by atoms with Crippen LogP contribution in [0.1, 0.15) is 26.7 Å². The number of nitrogens with zero attached hydrogens (tertiary/aromatic N) is 3. The largest absolute Gasteiger partial charge is 0.471 e. The molecule has 4 heterocycles. The van der Waals surface area contributed by atoms with E-state index in [1.807, 2.05) is 19.9 Å². The van der Waals surface area contributed by atoms with Crippen molar-refractivity contribution < 1.29 is 18.6 Å². The maximum Gasteiger partial charge on any atom is 0.336 e. The number of morpholine rings is 1. The van der Waals surface area contributed by atoms with Crippen molar-refractivity contribution in [3.05, 3.63) is 45.6 Å². The van der Waals surface area contributed by atoms with Gasteiger partial charge in [-0.15, -0.1) is 0 Å². The fourth-order valence-corrected chi connectivity index (χ4v) is 3.64. The molecule has 30 heavy (non-hydrogen) atoms. The fraction of sp³-hybridized carbons (Fsp3) is 0.500. The van der Waals surface area contributed by atoms with Crippen LogP contribution in [0.5, 0.6) is 5.88 Å². The molecule has 2 aromatic rings. The lowest BCUT2D eigenvalue weighted by Gasteiger charge is -2.34. The number of anilines is 1. The quantitative estimate of drug-likeness (QED) is 0.733. The van der Waals surface area contributed by atoms with E-state index in [0.29, 0.717) is 31.1 Å². The van der Waals surface area contributed by atoms with Crippen molar-refractivity contribution in [3.63, 3.8) is 0 Å². The number of aromatic nitrogens is 2. The smallest absolute Gasteiger partial charge is 0.336 e. The second kappa shape index (κ2) is 8.97. The van der Waals surface area contributed by atoms with E-state index in [2.05, 4.69) is 20.9 Å². The van der Waals surface area contributed by atoms with E-state index < -0.39 is 5.60 Å². The van der Waals surface area contributed by atoms with Crippen molar-refractivity contribution >= 4 is 18.0 Å². The Labute approximate surface area is 174 Å². The minimum Gasteiger partial charge on any atom is -0.471 e. The number of ether oxygens (including phenoxy) is 3. The van der Waals surface area contributed by atoms with Gasteiger partial charge < -0.3 is 23.5 Å². The molecule has 4 rings (SSSR count). The van der Waals surface area contributed by atoms with Crippen LogP contribution >= 0.6 is 0 Å². The van der Waals surface area contributed by atoms with Gasteiger partial charge >= 0.3 is 5.63 Å². The van der Waals surface area contributed by atoms with Gasteiger partial charge in [0.25, 0.3) is 0 Å². The molecule has 2 aliphatic rings. The van der Waals surface area contributed by atoms with E-state index in [1.165, 1.54) is 12.4 Å². The zero-order chi connectivity index (χ0) is 21.0. The third-order valence-electron chi connectivity index (χ3n) is 5.41. The molecule has 0 bridgehead atoms. The molecule has 1 unspecified atom stereocenters. The van der Waals surface area contributed by atoms with Gasteiger partial charge in [0.05, 0.1) is 25.4 Å². The zero-order valence-electron chi connectivity index (χ0n) is 17.4. The Kier molecular flexibility index (Phi) is 6.15. The zero-order valence-corrected chi connectivity index (χ0v) is 17.4. The highest BCUT2D eigenvalue weighted by Crippen LogP contribution is 2.26. The van der Waals surface area contributed by atoms with Crippen LogP contribution in [0.2, 0.25) is 0 Å². The SMILES string of the molecule is CC1(C)OC/C=c2/oc(=O)cc/c2=C/CCC1Oc1cc(N2CCOCC2)ncn1. The average Bonchev–Trinajstić information content (AvgIpc) is 2.75. The second-order valence-corrected chi connectivity index (χ2v) is 7.89. The third-order valence-corrected chi connectivity index (χ3v) is 5.41. The summed E-state index contributed by atoms with van der Waals surface area (Å²) in [4.78, 5) is 22.4. The monoisotopic (exact) mass is 413 g/mol. The van der Waals surface area contributed by atoms with Crippen LogP contribution in [0, 0.1) is 0 Å². The van der Waals surface area contributed by atoms with Crippen LogP contribution < -0.4 is 25.9 Å². The van der Waals surface area contributed by atoms with Gasteiger partial charge in [-0.3, -0.25) is 0 Å². The van der Waals surface area contributed by atoms with Crippen molar-refractivity contribution in [3.8, 4) is 5.88 Å². The summed E-state index contributed by atoms with van der Waals surface area (Å²) in [5.41, 5.74) is -0.388. The van der Waals surface area contributed by atoms with Gasteiger partial charge in [-0.1, -0.05) is 6.08 Å². The molecule has 0 aliphatic carbocycles. The molecule has 1 fully saturated rings. The van der Waals surface area contributed by atoms with Gasteiger partial charge in [-0.2, -0.15) is 0 Å². The van der Waals surface area contributed by atoms with Crippen LogP contribution in [0.25, 0.3) is 12.2 Å². The maximum atomic E-state index is 11.5. The molecule has 0 radical (unpaired) electrons. The van der Waals surface area contributed by atoms with Crippen molar-refractivity contribution in [2.24, 2.45) is 0 Å². The minimum absolute atomic E-state index is 0.216. The Morgan fingerprint density at radius 3 is 2.83 bits per heavy atom. The second-order valence-electron chi connectivity index (χ2n) is 7.89. The summed E-state index contributed by atoms with van der Waals surface area (Å²) in [5, 5.41) is 0.883. The Morgan fingerprint density at radius 2 is 2.00 bits per heavy atom. The first kappa shape index (κ1) is 20.6. The summed E-state index contributed by atoms with van der Waals surface area (Å²) < 4.78 is 23.1. The Bertz CT molecular complexity index is 1040. The van der Waals surface area contributed by atoms with E-state index in [4.69, 9.17) is 18.6 Å². The first-order chi connectivity index (χ1) is 14.5. The molecule has 2 aliphatic heterocycles. The molecule has 8 heteroatoms. The van der Waals surface area contributed by atoms with Crippen LogP contribution in [0.15, 0.2) is 33.7 Å². The summed E-state index contributed by atoms with van der Waals surface area (Å²) in [6.07, 6.45) is 6.64. The van der Waals surface area contributed by atoms with Crippen LogP contribution in [-0.4, -0.2) is 54.6 Å². The van der Waals surface area contributed by atoms with Crippen molar-refractivity contribution in [2.45, 2.75) is 38.4 Å². The van der Waals surface area contributed by atoms with Gasteiger partial charge in [-0.05, 0) is 38.8 Å². The van der Waals surface area contributed by atoms with E-state index in [9.17, 15) is 4.79 Å². The molecular formula is C22H27N3O5. The fourth-order valence-electron chi connectivity index (χ4n) is 3.64. The number of hydrogen-bond acceptors (Lipinski definition) is 8. The average molecular weight is 413 g/mol.